The van der Waals surface area contributed by atoms with E-state index >= 15 is 0 Å². The maximum absolute atomic E-state index is 4.83. The molecular formula is C33H33N. The van der Waals surface area contributed by atoms with E-state index in [0.717, 1.165) is 11.3 Å². The average molecular weight is 444 g/mol. The van der Waals surface area contributed by atoms with E-state index < -0.39 is 0 Å². The Morgan fingerprint density at radius 1 is 0.500 bits per heavy atom. The first-order valence-electron chi connectivity index (χ1n) is 12.2. The van der Waals surface area contributed by atoms with E-state index in [9.17, 15) is 0 Å². The highest BCUT2D eigenvalue weighted by Gasteiger charge is 2.23. The van der Waals surface area contributed by atoms with Crippen LogP contribution in [0.25, 0.3) is 43.9 Å². The molecule has 0 aliphatic rings. The zero-order chi connectivity index (χ0) is 24.1. The highest BCUT2D eigenvalue weighted by atomic mass is 14.7. The number of benzene rings is 4. The summed E-state index contributed by atoms with van der Waals surface area (Å²) >= 11 is 0. The number of fused-ring (bicyclic) bond motifs is 3. The minimum Gasteiger partial charge on any atom is -0.256 e. The van der Waals surface area contributed by atoms with E-state index in [-0.39, 0.29) is 10.8 Å². The Labute approximate surface area is 203 Å². The molecule has 0 amide bonds. The van der Waals surface area contributed by atoms with Gasteiger partial charge in [0.05, 0.1) is 5.69 Å². The maximum atomic E-state index is 4.83. The molecule has 4 aromatic carbocycles. The summed E-state index contributed by atoms with van der Waals surface area (Å²) in [4.78, 5) is 4.83. The van der Waals surface area contributed by atoms with Crippen LogP contribution in [0.3, 0.4) is 0 Å². The molecule has 0 N–H and O–H groups in total. The number of nitrogens with zero attached hydrogens (tertiary/aromatic N) is 1. The van der Waals surface area contributed by atoms with Crippen LogP contribution in [0.2, 0.25) is 0 Å². The minimum atomic E-state index is 0.0658. The van der Waals surface area contributed by atoms with Crippen molar-refractivity contribution in [1.29, 1.82) is 0 Å². The van der Waals surface area contributed by atoms with E-state index in [2.05, 4.69) is 126 Å². The predicted molar refractivity (Wildman–Crippen MR) is 148 cm³/mol. The van der Waals surface area contributed by atoms with E-state index in [1.165, 1.54) is 43.8 Å². The van der Waals surface area contributed by atoms with Crippen molar-refractivity contribution in [3.05, 3.63) is 102 Å². The molecule has 34 heavy (non-hydrogen) atoms. The molecule has 0 saturated carbocycles. The Bertz CT molecular complexity index is 1480. The number of hydrogen-bond acceptors (Lipinski definition) is 1. The molecule has 0 unspecified atom stereocenters. The summed E-state index contributed by atoms with van der Waals surface area (Å²) < 4.78 is 0. The van der Waals surface area contributed by atoms with E-state index in [1.54, 1.807) is 0 Å². The Morgan fingerprint density at radius 3 is 1.76 bits per heavy atom. The quantitative estimate of drug-likeness (QED) is 0.248. The van der Waals surface area contributed by atoms with Gasteiger partial charge in [-0.15, -0.1) is 0 Å². The summed E-state index contributed by atoms with van der Waals surface area (Å²) in [6, 6.07) is 30.9. The molecule has 1 aromatic heterocycles. The third-order valence-corrected chi connectivity index (χ3v) is 6.82. The van der Waals surface area contributed by atoms with Gasteiger partial charge in [0, 0.05) is 17.1 Å². The van der Waals surface area contributed by atoms with Gasteiger partial charge in [0.15, 0.2) is 0 Å². The largest absolute Gasteiger partial charge is 0.256 e. The fourth-order valence-electron chi connectivity index (χ4n) is 4.83. The normalized spacial score (nSPS) is 12.4. The van der Waals surface area contributed by atoms with Crippen molar-refractivity contribution in [2.24, 2.45) is 0 Å². The van der Waals surface area contributed by atoms with Crippen molar-refractivity contribution in [2.45, 2.75) is 52.4 Å². The summed E-state index contributed by atoms with van der Waals surface area (Å²) in [6.45, 7) is 13.8. The molecular weight excluding hydrogens is 410 g/mol. The van der Waals surface area contributed by atoms with Gasteiger partial charge in [-0.2, -0.15) is 0 Å². The summed E-state index contributed by atoms with van der Waals surface area (Å²) in [5, 5.41) is 5.13. The van der Waals surface area contributed by atoms with Crippen molar-refractivity contribution in [1.82, 2.24) is 4.98 Å². The number of hydrogen-bond donors (Lipinski definition) is 0. The van der Waals surface area contributed by atoms with Crippen LogP contribution in [0.15, 0.2) is 91.1 Å². The van der Waals surface area contributed by atoms with Crippen LogP contribution in [0.4, 0.5) is 0 Å². The first kappa shape index (κ1) is 22.3. The summed E-state index contributed by atoms with van der Waals surface area (Å²) in [6.07, 6.45) is 1.96. The Morgan fingerprint density at radius 2 is 1.12 bits per heavy atom. The third kappa shape index (κ3) is 4.01. The lowest BCUT2D eigenvalue weighted by atomic mass is 9.77. The monoisotopic (exact) mass is 443 g/mol. The number of aromatic nitrogens is 1. The molecule has 1 heteroatoms. The third-order valence-electron chi connectivity index (χ3n) is 6.82. The van der Waals surface area contributed by atoms with Crippen LogP contribution < -0.4 is 0 Å². The van der Waals surface area contributed by atoms with Crippen molar-refractivity contribution >= 4 is 21.5 Å². The number of rotatable bonds is 2. The highest BCUT2D eigenvalue weighted by molar-refractivity contribution is 6.12. The van der Waals surface area contributed by atoms with Gasteiger partial charge in [0.2, 0.25) is 0 Å². The second-order valence-electron chi connectivity index (χ2n) is 11.4. The summed E-state index contributed by atoms with van der Waals surface area (Å²) in [7, 11) is 0. The lowest BCUT2D eigenvalue weighted by Crippen LogP contribution is -2.16. The standard InChI is InChI=1S/C33H33N/c1-32(2,3)25-20-29-26-18-19-34-31(28(26)17-16-27(29)30(21-25)33(4,5)6)24-14-12-23(13-15-24)22-10-8-7-9-11-22/h7-21H,1-6H3. The lowest BCUT2D eigenvalue weighted by Gasteiger charge is -2.27. The van der Waals surface area contributed by atoms with Crippen LogP contribution >= 0.6 is 0 Å². The molecule has 5 aromatic rings. The van der Waals surface area contributed by atoms with Crippen LogP contribution in [0, 0.1) is 0 Å². The maximum Gasteiger partial charge on any atom is 0.0780 e. The SMILES string of the molecule is CC(C)(C)c1cc(C(C)(C)C)c2ccc3c(-c4ccc(-c5ccccc5)cc4)nccc3c2c1. The van der Waals surface area contributed by atoms with Crippen LogP contribution in [0.5, 0.6) is 0 Å². The van der Waals surface area contributed by atoms with Gasteiger partial charge in [0.1, 0.15) is 0 Å². The van der Waals surface area contributed by atoms with E-state index in [4.69, 9.17) is 4.98 Å². The Kier molecular flexibility index (Phi) is 5.32. The molecule has 0 bridgehead atoms. The van der Waals surface area contributed by atoms with Crippen molar-refractivity contribution in [3.63, 3.8) is 0 Å². The van der Waals surface area contributed by atoms with Gasteiger partial charge in [-0.25, -0.2) is 0 Å². The van der Waals surface area contributed by atoms with Gasteiger partial charge >= 0.3 is 0 Å². The molecule has 0 radical (unpaired) electrons. The fraction of sp³-hybridized carbons (Fsp3) is 0.242. The lowest BCUT2D eigenvalue weighted by molar-refractivity contribution is 0.573. The molecule has 0 spiro atoms. The number of pyridine rings is 1. The van der Waals surface area contributed by atoms with E-state index in [1.807, 2.05) is 6.20 Å². The second kappa shape index (κ2) is 8.09. The Balaban J connectivity index is 1.72. The van der Waals surface area contributed by atoms with Gasteiger partial charge < -0.3 is 0 Å². The minimum absolute atomic E-state index is 0.0658. The zero-order valence-electron chi connectivity index (χ0n) is 21.1. The molecule has 0 fully saturated rings. The summed E-state index contributed by atoms with van der Waals surface area (Å²) in [5.41, 5.74) is 7.57. The van der Waals surface area contributed by atoms with Crippen LogP contribution in [-0.2, 0) is 10.8 Å². The first-order valence-corrected chi connectivity index (χ1v) is 12.2. The molecule has 0 aliphatic carbocycles. The topological polar surface area (TPSA) is 12.9 Å². The van der Waals surface area contributed by atoms with Crippen molar-refractivity contribution in [2.75, 3.05) is 0 Å². The second-order valence-corrected chi connectivity index (χ2v) is 11.4. The van der Waals surface area contributed by atoms with Gasteiger partial charge in [-0.1, -0.05) is 114 Å². The molecule has 5 rings (SSSR count). The van der Waals surface area contributed by atoms with Gasteiger partial charge in [0.25, 0.3) is 0 Å². The predicted octanol–water partition coefficient (Wildman–Crippen LogP) is 9.32. The molecule has 1 heterocycles. The smallest absolute Gasteiger partial charge is 0.0780 e. The van der Waals surface area contributed by atoms with Crippen LogP contribution in [0.1, 0.15) is 52.7 Å². The molecule has 0 atom stereocenters. The Hall–Kier alpha value is -3.45. The van der Waals surface area contributed by atoms with Gasteiger partial charge in [-0.05, 0) is 61.4 Å². The van der Waals surface area contributed by atoms with Gasteiger partial charge in [-0.3, -0.25) is 4.98 Å². The molecule has 0 aliphatic heterocycles. The molecule has 1 nitrogen and oxygen atoms in total. The highest BCUT2D eigenvalue weighted by Crippen LogP contribution is 2.39. The zero-order valence-corrected chi connectivity index (χ0v) is 21.1. The first-order chi connectivity index (χ1) is 16.1. The van der Waals surface area contributed by atoms with Crippen LogP contribution in [-0.4, -0.2) is 4.98 Å². The van der Waals surface area contributed by atoms with E-state index in [0.29, 0.717) is 0 Å². The summed E-state index contributed by atoms with van der Waals surface area (Å²) in [5.74, 6) is 0. The fourth-order valence-corrected chi connectivity index (χ4v) is 4.83. The average Bonchev–Trinajstić information content (AvgIpc) is 2.82. The van der Waals surface area contributed by atoms with Crippen molar-refractivity contribution < 1.29 is 0 Å². The molecule has 0 saturated heterocycles. The molecule has 170 valence electrons. The van der Waals surface area contributed by atoms with Crippen molar-refractivity contribution in [3.8, 4) is 22.4 Å².